The average Bonchev–Trinajstić information content (AvgIpc) is 2.20. The summed E-state index contributed by atoms with van der Waals surface area (Å²) in [6.07, 6.45) is 0.707. The Balaban J connectivity index is 2.77. The predicted molar refractivity (Wildman–Crippen MR) is 69.8 cm³/mol. The number of aliphatic hydroxyl groups is 1. The van der Waals surface area contributed by atoms with Gasteiger partial charge in [-0.05, 0) is 30.5 Å². The van der Waals surface area contributed by atoms with Gasteiger partial charge in [-0.25, -0.2) is 0 Å². The van der Waals surface area contributed by atoms with E-state index < -0.39 is 0 Å². The molecule has 0 spiro atoms. The Morgan fingerprint density at radius 1 is 1.44 bits per heavy atom. The van der Waals surface area contributed by atoms with Gasteiger partial charge >= 0.3 is 0 Å². The highest BCUT2D eigenvalue weighted by molar-refractivity contribution is 6.33. The van der Waals surface area contributed by atoms with E-state index in [1.165, 1.54) is 0 Å². The van der Waals surface area contributed by atoms with Crippen LogP contribution in [-0.4, -0.2) is 17.8 Å². The molecule has 1 aromatic carbocycles. The molecule has 0 radical (unpaired) electrons. The van der Waals surface area contributed by atoms with Crippen LogP contribution in [-0.2, 0) is 0 Å². The molecule has 0 aliphatic rings. The Bertz CT molecular complexity index is 342. The Morgan fingerprint density at radius 3 is 2.62 bits per heavy atom. The molecule has 4 N–H and O–H groups in total. The zero-order chi connectivity index (χ0) is 12.1. The van der Waals surface area contributed by atoms with Crippen molar-refractivity contribution in [3.05, 3.63) is 23.2 Å². The van der Waals surface area contributed by atoms with E-state index in [-0.39, 0.29) is 12.6 Å². The van der Waals surface area contributed by atoms with Crippen molar-refractivity contribution in [2.45, 2.75) is 26.3 Å². The number of hydrogen-bond donors (Lipinski definition) is 3. The molecule has 0 aromatic heterocycles. The van der Waals surface area contributed by atoms with E-state index in [1.54, 1.807) is 6.07 Å². The molecule has 1 aromatic rings. The summed E-state index contributed by atoms with van der Waals surface area (Å²) in [4.78, 5) is 0. The molecule has 1 rings (SSSR count). The zero-order valence-corrected chi connectivity index (χ0v) is 10.5. The van der Waals surface area contributed by atoms with Gasteiger partial charge in [-0.15, -0.1) is 0 Å². The van der Waals surface area contributed by atoms with Gasteiger partial charge in [0, 0.05) is 18.3 Å². The Labute approximate surface area is 102 Å². The van der Waals surface area contributed by atoms with Crippen LogP contribution in [0.15, 0.2) is 18.2 Å². The average molecular weight is 243 g/mol. The van der Waals surface area contributed by atoms with Gasteiger partial charge in [-0.1, -0.05) is 25.4 Å². The van der Waals surface area contributed by atoms with Crippen molar-refractivity contribution in [3.8, 4) is 0 Å². The summed E-state index contributed by atoms with van der Waals surface area (Å²) in [6, 6.07) is 5.61. The van der Waals surface area contributed by atoms with Crippen molar-refractivity contribution in [2.75, 3.05) is 17.7 Å². The molecule has 0 amide bonds. The molecule has 0 heterocycles. The van der Waals surface area contributed by atoms with Crippen molar-refractivity contribution >= 4 is 23.0 Å². The van der Waals surface area contributed by atoms with Gasteiger partial charge in [0.25, 0.3) is 0 Å². The summed E-state index contributed by atoms with van der Waals surface area (Å²) in [7, 11) is 0. The first-order chi connectivity index (χ1) is 7.54. The van der Waals surface area contributed by atoms with E-state index in [0.29, 0.717) is 23.0 Å². The van der Waals surface area contributed by atoms with Crippen LogP contribution in [0.3, 0.4) is 0 Å². The molecule has 90 valence electrons. The van der Waals surface area contributed by atoms with Crippen LogP contribution >= 0.6 is 11.6 Å². The van der Waals surface area contributed by atoms with Gasteiger partial charge in [0.05, 0.1) is 10.7 Å². The fourth-order valence-corrected chi connectivity index (χ4v) is 1.80. The van der Waals surface area contributed by atoms with Crippen molar-refractivity contribution in [1.29, 1.82) is 0 Å². The van der Waals surface area contributed by atoms with Gasteiger partial charge in [-0.3, -0.25) is 0 Å². The summed E-state index contributed by atoms with van der Waals surface area (Å²) < 4.78 is 0. The molecule has 1 atom stereocenters. The molecule has 0 bridgehead atoms. The number of rotatable bonds is 5. The highest BCUT2D eigenvalue weighted by atomic mass is 35.5. The maximum Gasteiger partial charge on any atom is 0.0658 e. The van der Waals surface area contributed by atoms with Gasteiger partial charge in [0.2, 0.25) is 0 Å². The van der Waals surface area contributed by atoms with E-state index in [1.807, 2.05) is 12.1 Å². The fourth-order valence-electron chi connectivity index (χ4n) is 1.56. The third kappa shape index (κ3) is 3.58. The third-order valence-electron chi connectivity index (χ3n) is 2.58. The van der Waals surface area contributed by atoms with Crippen LogP contribution < -0.4 is 11.1 Å². The second kappa shape index (κ2) is 5.97. The highest BCUT2D eigenvalue weighted by Crippen LogP contribution is 2.26. The van der Waals surface area contributed by atoms with Gasteiger partial charge in [-0.2, -0.15) is 0 Å². The lowest BCUT2D eigenvalue weighted by Gasteiger charge is -2.23. The monoisotopic (exact) mass is 242 g/mol. The molecular weight excluding hydrogens is 224 g/mol. The molecular formula is C12H19ClN2O. The smallest absolute Gasteiger partial charge is 0.0658 e. The van der Waals surface area contributed by atoms with Gasteiger partial charge in [0.15, 0.2) is 0 Å². The standard InChI is InChI=1S/C12H19ClN2O/c1-8(2)11(5-6-16)15-12-4-3-9(14)7-10(12)13/h3-4,7-8,11,15-16H,5-6,14H2,1-2H3. The number of hydrogen-bond acceptors (Lipinski definition) is 3. The lowest BCUT2D eigenvalue weighted by Crippen LogP contribution is -2.26. The molecule has 0 fully saturated rings. The summed E-state index contributed by atoms with van der Waals surface area (Å²) in [6.45, 7) is 4.39. The third-order valence-corrected chi connectivity index (χ3v) is 2.89. The largest absolute Gasteiger partial charge is 0.399 e. The molecule has 0 aliphatic carbocycles. The lowest BCUT2D eigenvalue weighted by atomic mass is 10.0. The Kier molecular flexibility index (Phi) is 4.90. The summed E-state index contributed by atoms with van der Waals surface area (Å²) in [5.41, 5.74) is 7.14. The number of nitrogen functional groups attached to an aromatic ring is 1. The SMILES string of the molecule is CC(C)C(CCO)Nc1ccc(N)cc1Cl. The van der Waals surface area contributed by atoms with Crippen LogP contribution in [0, 0.1) is 5.92 Å². The number of halogens is 1. The highest BCUT2D eigenvalue weighted by Gasteiger charge is 2.13. The fraction of sp³-hybridized carbons (Fsp3) is 0.500. The van der Waals surface area contributed by atoms with Gasteiger partial charge < -0.3 is 16.2 Å². The number of aliphatic hydroxyl groups excluding tert-OH is 1. The van der Waals surface area contributed by atoms with Crippen molar-refractivity contribution in [1.82, 2.24) is 0 Å². The summed E-state index contributed by atoms with van der Waals surface area (Å²) >= 11 is 6.07. The zero-order valence-electron chi connectivity index (χ0n) is 9.70. The molecule has 0 saturated heterocycles. The van der Waals surface area contributed by atoms with E-state index in [4.69, 9.17) is 22.4 Å². The van der Waals surface area contributed by atoms with Crippen LogP contribution in [0.25, 0.3) is 0 Å². The number of nitrogens with two attached hydrogens (primary N) is 1. The van der Waals surface area contributed by atoms with Crippen LogP contribution in [0.5, 0.6) is 0 Å². The van der Waals surface area contributed by atoms with Crippen molar-refractivity contribution < 1.29 is 5.11 Å². The van der Waals surface area contributed by atoms with Crippen LogP contribution in [0.4, 0.5) is 11.4 Å². The second-order valence-corrected chi connectivity index (χ2v) is 4.65. The van der Waals surface area contributed by atoms with Crippen molar-refractivity contribution in [3.63, 3.8) is 0 Å². The van der Waals surface area contributed by atoms with Crippen LogP contribution in [0.1, 0.15) is 20.3 Å². The van der Waals surface area contributed by atoms with Crippen molar-refractivity contribution in [2.24, 2.45) is 5.92 Å². The van der Waals surface area contributed by atoms with E-state index >= 15 is 0 Å². The van der Waals surface area contributed by atoms with E-state index in [2.05, 4.69) is 19.2 Å². The van der Waals surface area contributed by atoms with E-state index in [9.17, 15) is 0 Å². The molecule has 0 aliphatic heterocycles. The minimum Gasteiger partial charge on any atom is -0.399 e. The Morgan fingerprint density at radius 2 is 2.12 bits per heavy atom. The molecule has 1 unspecified atom stereocenters. The maximum atomic E-state index is 8.98. The summed E-state index contributed by atoms with van der Waals surface area (Å²) in [5, 5.41) is 12.9. The second-order valence-electron chi connectivity index (χ2n) is 4.25. The van der Waals surface area contributed by atoms with Crippen LogP contribution in [0.2, 0.25) is 5.02 Å². The minimum absolute atomic E-state index is 0.169. The Hall–Kier alpha value is -0.930. The number of nitrogens with one attached hydrogen (secondary N) is 1. The number of anilines is 2. The molecule has 3 nitrogen and oxygen atoms in total. The minimum atomic E-state index is 0.169. The number of benzene rings is 1. The quantitative estimate of drug-likeness (QED) is 0.696. The lowest BCUT2D eigenvalue weighted by molar-refractivity contribution is 0.267. The predicted octanol–water partition coefficient (Wildman–Crippen LogP) is 2.74. The topological polar surface area (TPSA) is 58.3 Å². The van der Waals surface area contributed by atoms with Gasteiger partial charge in [0.1, 0.15) is 0 Å². The first-order valence-corrected chi connectivity index (χ1v) is 5.84. The van der Waals surface area contributed by atoms with E-state index in [0.717, 1.165) is 5.69 Å². The molecule has 0 saturated carbocycles. The normalized spacial score (nSPS) is 12.8. The maximum absolute atomic E-state index is 8.98. The first kappa shape index (κ1) is 13.1. The molecule has 16 heavy (non-hydrogen) atoms. The first-order valence-electron chi connectivity index (χ1n) is 5.47. The summed E-state index contributed by atoms with van der Waals surface area (Å²) in [5.74, 6) is 0.431. The molecule has 4 heteroatoms.